The molecule has 0 aromatic heterocycles. The first-order chi connectivity index (χ1) is 9.08. The Balaban J connectivity index is 2.08. The predicted octanol–water partition coefficient (Wildman–Crippen LogP) is 1.66. The maximum Gasteiger partial charge on any atom is 0.223 e. The second kappa shape index (κ2) is 8.48. The lowest BCUT2D eigenvalue weighted by molar-refractivity contribution is -0.121. The molecule has 0 saturated heterocycles. The van der Waals surface area contributed by atoms with Gasteiger partial charge in [0.15, 0.2) is 0 Å². The largest absolute Gasteiger partial charge is 0.493 e. The van der Waals surface area contributed by atoms with E-state index in [1.54, 1.807) is 12.1 Å². The van der Waals surface area contributed by atoms with E-state index < -0.39 is 0 Å². The van der Waals surface area contributed by atoms with Gasteiger partial charge in [0.2, 0.25) is 5.91 Å². The van der Waals surface area contributed by atoms with Crippen molar-refractivity contribution in [3.05, 3.63) is 30.1 Å². The summed E-state index contributed by atoms with van der Waals surface area (Å²) in [7, 11) is 4.00. The van der Waals surface area contributed by atoms with Crippen molar-refractivity contribution in [1.29, 1.82) is 0 Å². The highest BCUT2D eigenvalue weighted by atomic mass is 19.1. The van der Waals surface area contributed by atoms with Gasteiger partial charge in [0.25, 0.3) is 0 Å². The van der Waals surface area contributed by atoms with Gasteiger partial charge in [-0.25, -0.2) is 4.39 Å². The molecule has 0 aliphatic carbocycles. The number of halogens is 1. The Labute approximate surface area is 113 Å². The van der Waals surface area contributed by atoms with Crippen LogP contribution in [0.15, 0.2) is 24.3 Å². The fourth-order valence-electron chi connectivity index (χ4n) is 1.50. The Morgan fingerprint density at radius 1 is 1.32 bits per heavy atom. The standard InChI is InChI=1S/C14H21FN2O2/c1-17(2)10-3-9-16-14(18)8-11-19-13-6-4-12(15)5-7-13/h4-7H,3,8-11H2,1-2H3,(H,16,18). The second-order valence-corrected chi connectivity index (χ2v) is 4.56. The minimum atomic E-state index is -0.300. The molecule has 1 aromatic carbocycles. The third kappa shape index (κ3) is 7.41. The number of nitrogens with zero attached hydrogens (tertiary/aromatic N) is 1. The molecule has 4 nitrogen and oxygen atoms in total. The molecule has 0 aliphatic rings. The zero-order valence-corrected chi connectivity index (χ0v) is 11.5. The summed E-state index contributed by atoms with van der Waals surface area (Å²) in [6.45, 7) is 1.92. The van der Waals surface area contributed by atoms with Gasteiger partial charge < -0.3 is 15.0 Å². The number of rotatable bonds is 8. The van der Waals surface area contributed by atoms with Crippen molar-refractivity contribution in [2.75, 3.05) is 33.8 Å². The van der Waals surface area contributed by atoms with Crippen molar-refractivity contribution in [3.8, 4) is 5.75 Å². The first-order valence-corrected chi connectivity index (χ1v) is 6.38. The first-order valence-electron chi connectivity index (χ1n) is 6.38. The third-order valence-corrected chi connectivity index (χ3v) is 2.52. The molecule has 0 fully saturated rings. The summed E-state index contributed by atoms with van der Waals surface area (Å²) in [6.07, 6.45) is 1.23. The van der Waals surface area contributed by atoms with Gasteiger partial charge in [-0.05, 0) is 51.3 Å². The van der Waals surface area contributed by atoms with Gasteiger partial charge in [0.05, 0.1) is 13.0 Å². The third-order valence-electron chi connectivity index (χ3n) is 2.52. The van der Waals surface area contributed by atoms with E-state index in [9.17, 15) is 9.18 Å². The number of amides is 1. The molecule has 0 radical (unpaired) electrons. The highest BCUT2D eigenvalue weighted by Gasteiger charge is 2.02. The summed E-state index contributed by atoms with van der Waals surface area (Å²) >= 11 is 0. The van der Waals surface area contributed by atoms with E-state index in [1.807, 2.05) is 14.1 Å². The van der Waals surface area contributed by atoms with Crippen molar-refractivity contribution in [2.45, 2.75) is 12.8 Å². The molecule has 5 heteroatoms. The lowest BCUT2D eigenvalue weighted by Gasteiger charge is -2.10. The van der Waals surface area contributed by atoms with Gasteiger partial charge in [-0.1, -0.05) is 0 Å². The Hall–Kier alpha value is -1.62. The summed E-state index contributed by atoms with van der Waals surface area (Å²) in [5, 5.41) is 2.83. The molecule has 0 heterocycles. The average molecular weight is 268 g/mol. The first kappa shape index (κ1) is 15.4. The van der Waals surface area contributed by atoms with E-state index >= 15 is 0 Å². The number of carbonyl (C=O) groups excluding carboxylic acids is 1. The number of nitrogens with one attached hydrogen (secondary N) is 1. The van der Waals surface area contributed by atoms with Crippen LogP contribution in [-0.2, 0) is 4.79 Å². The molecule has 0 aliphatic heterocycles. The summed E-state index contributed by atoms with van der Waals surface area (Å²) in [6, 6.07) is 5.75. The van der Waals surface area contributed by atoms with Crippen LogP contribution in [0.5, 0.6) is 5.75 Å². The molecule has 0 saturated carbocycles. The van der Waals surface area contributed by atoms with Gasteiger partial charge in [0, 0.05) is 6.54 Å². The van der Waals surface area contributed by atoms with Crippen LogP contribution in [-0.4, -0.2) is 44.6 Å². The number of hydrogen-bond donors (Lipinski definition) is 1. The van der Waals surface area contributed by atoms with Crippen molar-refractivity contribution in [2.24, 2.45) is 0 Å². The quantitative estimate of drug-likeness (QED) is 0.729. The SMILES string of the molecule is CN(C)CCCNC(=O)CCOc1ccc(F)cc1. The Bertz CT molecular complexity index is 380. The van der Waals surface area contributed by atoms with Crippen molar-refractivity contribution >= 4 is 5.91 Å². The van der Waals surface area contributed by atoms with Crippen LogP contribution < -0.4 is 10.1 Å². The minimum absolute atomic E-state index is 0.0270. The molecular weight excluding hydrogens is 247 g/mol. The molecule has 1 N–H and O–H groups in total. The number of ether oxygens (including phenoxy) is 1. The van der Waals surface area contributed by atoms with Gasteiger partial charge >= 0.3 is 0 Å². The Morgan fingerprint density at radius 3 is 2.63 bits per heavy atom. The van der Waals surface area contributed by atoms with E-state index in [0.717, 1.165) is 13.0 Å². The molecule has 0 bridgehead atoms. The molecule has 1 rings (SSSR count). The molecule has 0 atom stereocenters. The van der Waals surface area contributed by atoms with Gasteiger partial charge in [-0.3, -0.25) is 4.79 Å². The number of carbonyl (C=O) groups is 1. The predicted molar refractivity (Wildman–Crippen MR) is 72.7 cm³/mol. The summed E-state index contributed by atoms with van der Waals surface area (Å²) in [5.41, 5.74) is 0. The van der Waals surface area contributed by atoms with Crippen molar-refractivity contribution in [3.63, 3.8) is 0 Å². The van der Waals surface area contributed by atoms with Crippen LogP contribution >= 0.6 is 0 Å². The monoisotopic (exact) mass is 268 g/mol. The zero-order valence-electron chi connectivity index (χ0n) is 11.5. The van der Waals surface area contributed by atoms with Crippen LogP contribution in [0.25, 0.3) is 0 Å². The average Bonchev–Trinajstić information content (AvgIpc) is 2.37. The Kier molecular flexibility index (Phi) is 6.89. The molecule has 19 heavy (non-hydrogen) atoms. The van der Waals surface area contributed by atoms with Crippen LogP contribution in [0, 0.1) is 5.82 Å². The van der Waals surface area contributed by atoms with E-state index in [-0.39, 0.29) is 11.7 Å². The summed E-state index contributed by atoms with van der Waals surface area (Å²) in [5.74, 6) is 0.244. The Morgan fingerprint density at radius 2 is 2.00 bits per heavy atom. The van der Waals surface area contributed by atoms with E-state index in [4.69, 9.17) is 4.74 Å². The lowest BCUT2D eigenvalue weighted by Crippen LogP contribution is -2.28. The van der Waals surface area contributed by atoms with Crippen molar-refractivity contribution in [1.82, 2.24) is 10.2 Å². The van der Waals surface area contributed by atoms with Gasteiger partial charge in [-0.2, -0.15) is 0 Å². The van der Waals surface area contributed by atoms with E-state index in [0.29, 0.717) is 25.3 Å². The molecule has 1 amide bonds. The fourth-order valence-corrected chi connectivity index (χ4v) is 1.50. The van der Waals surface area contributed by atoms with Gasteiger partial charge in [0.1, 0.15) is 11.6 Å². The normalized spacial score (nSPS) is 10.5. The van der Waals surface area contributed by atoms with Crippen molar-refractivity contribution < 1.29 is 13.9 Å². The molecule has 106 valence electrons. The lowest BCUT2D eigenvalue weighted by atomic mass is 10.3. The number of hydrogen-bond acceptors (Lipinski definition) is 3. The minimum Gasteiger partial charge on any atom is -0.493 e. The van der Waals surface area contributed by atoms with E-state index in [1.165, 1.54) is 12.1 Å². The summed E-state index contributed by atoms with van der Waals surface area (Å²) < 4.78 is 18.0. The van der Waals surface area contributed by atoms with Crippen LogP contribution in [0.4, 0.5) is 4.39 Å². The molecule has 0 unspecified atom stereocenters. The van der Waals surface area contributed by atoms with Crippen LogP contribution in [0.2, 0.25) is 0 Å². The molecule has 1 aromatic rings. The topological polar surface area (TPSA) is 41.6 Å². The highest BCUT2D eigenvalue weighted by Crippen LogP contribution is 2.10. The van der Waals surface area contributed by atoms with Crippen LogP contribution in [0.3, 0.4) is 0 Å². The molecule has 0 spiro atoms. The summed E-state index contributed by atoms with van der Waals surface area (Å²) in [4.78, 5) is 13.5. The second-order valence-electron chi connectivity index (χ2n) is 4.56. The number of benzene rings is 1. The maximum absolute atomic E-state index is 12.6. The molecular formula is C14H21FN2O2. The zero-order chi connectivity index (χ0) is 14.1. The van der Waals surface area contributed by atoms with Crippen LogP contribution in [0.1, 0.15) is 12.8 Å². The van der Waals surface area contributed by atoms with E-state index in [2.05, 4.69) is 10.2 Å². The fraction of sp³-hybridized carbons (Fsp3) is 0.500. The smallest absolute Gasteiger partial charge is 0.223 e. The maximum atomic E-state index is 12.6. The van der Waals surface area contributed by atoms with Gasteiger partial charge in [-0.15, -0.1) is 0 Å². The highest BCUT2D eigenvalue weighted by molar-refractivity contribution is 5.75.